The van der Waals surface area contributed by atoms with Crippen LogP contribution in [0.3, 0.4) is 0 Å². The number of carbonyl (C=O) groups excluding carboxylic acids is 2. The Morgan fingerprint density at radius 2 is 1.73 bits per heavy atom. The van der Waals surface area contributed by atoms with Gasteiger partial charge in [-0.15, -0.1) is 0 Å². The molecule has 1 aromatic heterocycles. The number of hydrogen-bond acceptors (Lipinski definition) is 7. The first-order chi connectivity index (χ1) is 17.9. The second kappa shape index (κ2) is 11.9. The van der Waals surface area contributed by atoms with Gasteiger partial charge >= 0.3 is 0 Å². The number of nitrogens with one attached hydrogen (secondary N) is 2. The topological polar surface area (TPSA) is 127 Å². The summed E-state index contributed by atoms with van der Waals surface area (Å²) in [6, 6.07) is 14.5. The van der Waals surface area contributed by atoms with Crippen LogP contribution in [0.25, 0.3) is 0 Å². The Kier molecular flexibility index (Phi) is 8.47. The minimum absolute atomic E-state index is 0.0519. The predicted octanol–water partition coefficient (Wildman–Crippen LogP) is 4.01. The number of rotatable bonds is 10. The summed E-state index contributed by atoms with van der Waals surface area (Å²) in [5.74, 6) is 0.395. The molecule has 2 amide bonds. The summed E-state index contributed by atoms with van der Waals surface area (Å²) >= 11 is 0. The molecule has 4 rings (SSSR count). The molecule has 0 unspecified atom stereocenters. The van der Waals surface area contributed by atoms with Crippen molar-refractivity contribution >= 4 is 27.5 Å². The van der Waals surface area contributed by atoms with Crippen molar-refractivity contribution in [1.82, 2.24) is 9.62 Å². The molecule has 3 aromatic rings. The van der Waals surface area contributed by atoms with Crippen molar-refractivity contribution in [3.05, 3.63) is 66.6 Å². The standard InChI is InChI=1S/C26H29N3O7S/c1-34-22-8-3-4-9-23(22)36-21-12-11-19(37(32,33)29-15-5-2-6-16-29)18-20(21)28-25(30)13-14-27-26(31)24-10-7-17-35-24/h3-4,7-12,17-18H,2,5-6,13-16H2,1H3,(H,27,31)(H,28,30). The Balaban J connectivity index is 1.54. The lowest BCUT2D eigenvalue weighted by molar-refractivity contribution is -0.116. The lowest BCUT2D eigenvalue weighted by Crippen LogP contribution is -2.35. The quantitative estimate of drug-likeness (QED) is 0.408. The molecule has 0 atom stereocenters. The fraction of sp³-hybridized carbons (Fsp3) is 0.308. The molecule has 10 nitrogen and oxygen atoms in total. The molecule has 2 N–H and O–H groups in total. The van der Waals surface area contributed by atoms with Crippen LogP contribution in [0.1, 0.15) is 36.2 Å². The molecule has 196 valence electrons. The maximum atomic E-state index is 13.3. The SMILES string of the molecule is COc1ccccc1Oc1ccc(S(=O)(=O)N2CCCCC2)cc1NC(=O)CCNC(=O)c1ccco1. The monoisotopic (exact) mass is 527 g/mol. The lowest BCUT2D eigenvalue weighted by Gasteiger charge is -2.26. The van der Waals surface area contributed by atoms with Crippen LogP contribution >= 0.6 is 0 Å². The Morgan fingerprint density at radius 1 is 0.973 bits per heavy atom. The molecule has 2 aromatic carbocycles. The van der Waals surface area contributed by atoms with Crippen LogP contribution in [0, 0.1) is 0 Å². The van der Waals surface area contributed by atoms with Crippen LogP contribution in [0.4, 0.5) is 5.69 Å². The summed E-state index contributed by atoms with van der Waals surface area (Å²) in [4.78, 5) is 24.8. The third-order valence-electron chi connectivity index (χ3n) is 5.85. The number of anilines is 1. The number of ether oxygens (including phenoxy) is 2. The molecule has 2 heterocycles. The van der Waals surface area contributed by atoms with E-state index in [0.717, 1.165) is 19.3 Å². The van der Waals surface area contributed by atoms with Crippen molar-refractivity contribution < 1.29 is 31.9 Å². The van der Waals surface area contributed by atoms with E-state index in [9.17, 15) is 18.0 Å². The van der Waals surface area contributed by atoms with Crippen LogP contribution in [0.2, 0.25) is 0 Å². The van der Waals surface area contributed by atoms with Gasteiger partial charge in [0.1, 0.15) is 0 Å². The summed E-state index contributed by atoms with van der Waals surface area (Å²) in [6.07, 6.45) is 3.94. The number of methoxy groups -OCH3 is 1. The highest BCUT2D eigenvalue weighted by Crippen LogP contribution is 2.37. The minimum Gasteiger partial charge on any atom is -0.493 e. The van der Waals surface area contributed by atoms with E-state index in [4.69, 9.17) is 13.9 Å². The molecule has 37 heavy (non-hydrogen) atoms. The Labute approximate surface area is 215 Å². The van der Waals surface area contributed by atoms with Gasteiger partial charge in [-0.1, -0.05) is 18.6 Å². The van der Waals surface area contributed by atoms with Crippen molar-refractivity contribution in [3.63, 3.8) is 0 Å². The highest BCUT2D eigenvalue weighted by molar-refractivity contribution is 7.89. The Morgan fingerprint density at radius 3 is 2.43 bits per heavy atom. The fourth-order valence-corrected chi connectivity index (χ4v) is 5.47. The van der Waals surface area contributed by atoms with Gasteiger partial charge in [-0.05, 0) is 55.3 Å². The molecule has 11 heteroatoms. The maximum absolute atomic E-state index is 13.3. The average molecular weight is 528 g/mol. The number of furan rings is 1. The Hall–Kier alpha value is -3.83. The van der Waals surface area contributed by atoms with Gasteiger partial charge in [-0.25, -0.2) is 8.42 Å². The first-order valence-electron chi connectivity index (χ1n) is 11.9. The third-order valence-corrected chi connectivity index (χ3v) is 7.74. The second-order valence-electron chi connectivity index (χ2n) is 8.41. The predicted molar refractivity (Wildman–Crippen MR) is 136 cm³/mol. The number of piperidine rings is 1. The largest absolute Gasteiger partial charge is 0.493 e. The summed E-state index contributed by atoms with van der Waals surface area (Å²) in [5.41, 5.74) is 0.186. The van der Waals surface area contributed by atoms with E-state index in [0.29, 0.717) is 24.6 Å². The summed E-state index contributed by atoms with van der Waals surface area (Å²) in [6.45, 7) is 0.970. The first-order valence-corrected chi connectivity index (χ1v) is 13.4. The lowest BCUT2D eigenvalue weighted by atomic mass is 10.2. The molecule has 1 saturated heterocycles. The van der Waals surface area contributed by atoms with Crippen molar-refractivity contribution in [3.8, 4) is 17.2 Å². The molecule has 0 bridgehead atoms. The zero-order valence-electron chi connectivity index (χ0n) is 20.4. The number of sulfonamides is 1. The van der Waals surface area contributed by atoms with Crippen LogP contribution in [-0.4, -0.2) is 51.3 Å². The van der Waals surface area contributed by atoms with E-state index in [1.54, 1.807) is 30.3 Å². The minimum atomic E-state index is -3.74. The first kappa shape index (κ1) is 26.2. The zero-order chi connectivity index (χ0) is 26.3. The van der Waals surface area contributed by atoms with Gasteiger partial charge in [-0.2, -0.15) is 4.31 Å². The zero-order valence-corrected chi connectivity index (χ0v) is 21.3. The van der Waals surface area contributed by atoms with Crippen LogP contribution in [0.5, 0.6) is 17.2 Å². The maximum Gasteiger partial charge on any atom is 0.286 e. The molecular formula is C26H29N3O7S. The molecular weight excluding hydrogens is 498 g/mol. The van der Waals surface area contributed by atoms with E-state index in [1.807, 2.05) is 0 Å². The van der Waals surface area contributed by atoms with Gasteiger partial charge in [0.2, 0.25) is 15.9 Å². The number of benzene rings is 2. The average Bonchev–Trinajstić information content (AvgIpc) is 3.46. The van der Waals surface area contributed by atoms with Crippen molar-refractivity contribution in [2.45, 2.75) is 30.6 Å². The highest BCUT2D eigenvalue weighted by atomic mass is 32.2. The van der Waals surface area contributed by atoms with E-state index in [-0.39, 0.29) is 35.1 Å². The van der Waals surface area contributed by atoms with Gasteiger partial charge in [-0.3, -0.25) is 9.59 Å². The van der Waals surface area contributed by atoms with E-state index in [2.05, 4.69) is 10.6 Å². The third kappa shape index (κ3) is 6.49. The van der Waals surface area contributed by atoms with Crippen molar-refractivity contribution in [2.75, 3.05) is 32.1 Å². The Bertz CT molecular complexity index is 1330. The molecule has 1 fully saturated rings. The van der Waals surface area contributed by atoms with Crippen LogP contribution < -0.4 is 20.1 Å². The normalized spacial score (nSPS) is 14.1. The molecule has 0 radical (unpaired) electrons. The number of nitrogens with zero attached hydrogens (tertiary/aromatic N) is 1. The number of hydrogen-bond donors (Lipinski definition) is 2. The van der Waals surface area contributed by atoms with Crippen LogP contribution in [-0.2, 0) is 14.8 Å². The van der Waals surface area contributed by atoms with E-state index >= 15 is 0 Å². The van der Waals surface area contributed by atoms with E-state index < -0.39 is 21.8 Å². The molecule has 0 spiro atoms. The highest BCUT2D eigenvalue weighted by Gasteiger charge is 2.27. The van der Waals surface area contributed by atoms with Gasteiger partial charge in [0, 0.05) is 26.1 Å². The summed E-state index contributed by atoms with van der Waals surface area (Å²) < 4.78 is 44.3. The number of para-hydroxylation sites is 2. The summed E-state index contributed by atoms with van der Waals surface area (Å²) in [7, 11) is -2.23. The van der Waals surface area contributed by atoms with Crippen LogP contribution in [0.15, 0.2) is 70.2 Å². The molecule has 1 aliphatic rings. The van der Waals surface area contributed by atoms with Gasteiger partial charge in [0.15, 0.2) is 23.0 Å². The molecule has 0 aliphatic carbocycles. The smallest absolute Gasteiger partial charge is 0.286 e. The van der Waals surface area contributed by atoms with Crippen molar-refractivity contribution in [1.29, 1.82) is 0 Å². The summed E-state index contributed by atoms with van der Waals surface area (Å²) in [5, 5.41) is 5.34. The van der Waals surface area contributed by atoms with E-state index in [1.165, 1.54) is 41.9 Å². The second-order valence-corrected chi connectivity index (χ2v) is 10.3. The molecule has 0 saturated carbocycles. The fourth-order valence-electron chi connectivity index (χ4n) is 3.93. The van der Waals surface area contributed by atoms with Gasteiger partial charge < -0.3 is 24.5 Å². The van der Waals surface area contributed by atoms with Gasteiger partial charge in [0.05, 0.1) is 24.0 Å². The number of carbonyl (C=O) groups is 2. The van der Waals surface area contributed by atoms with Crippen molar-refractivity contribution in [2.24, 2.45) is 0 Å². The number of amides is 2. The van der Waals surface area contributed by atoms with Gasteiger partial charge in [0.25, 0.3) is 5.91 Å². The molecule has 1 aliphatic heterocycles.